The van der Waals surface area contributed by atoms with Crippen molar-refractivity contribution >= 4 is 11.9 Å². The predicted octanol–water partition coefficient (Wildman–Crippen LogP) is 2.08. The van der Waals surface area contributed by atoms with E-state index in [9.17, 15) is 4.79 Å². The molecule has 0 bridgehead atoms. The van der Waals surface area contributed by atoms with Crippen LogP contribution in [0.2, 0.25) is 0 Å². The highest BCUT2D eigenvalue weighted by Gasteiger charge is 2.24. The van der Waals surface area contributed by atoms with Gasteiger partial charge in [0.05, 0.1) is 11.3 Å². The lowest BCUT2D eigenvalue weighted by Gasteiger charge is -2.17. The molecule has 2 N–H and O–H groups in total. The van der Waals surface area contributed by atoms with Gasteiger partial charge in [-0.1, -0.05) is 13.3 Å². The van der Waals surface area contributed by atoms with Crippen LogP contribution in [0, 0.1) is 12.8 Å². The van der Waals surface area contributed by atoms with Crippen LogP contribution in [0.15, 0.2) is 6.20 Å². The fourth-order valence-corrected chi connectivity index (χ4v) is 2.27. The predicted molar refractivity (Wildman–Crippen MR) is 64.2 cm³/mol. The minimum Gasteiger partial charge on any atom is -0.478 e. The zero-order chi connectivity index (χ0) is 12.4. The van der Waals surface area contributed by atoms with Gasteiger partial charge in [-0.05, 0) is 25.7 Å². The van der Waals surface area contributed by atoms with Crippen molar-refractivity contribution in [2.75, 3.05) is 5.32 Å². The molecule has 1 heterocycles. The Morgan fingerprint density at radius 1 is 1.53 bits per heavy atom. The largest absolute Gasteiger partial charge is 0.478 e. The lowest BCUT2D eigenvalue weighted by molar-refractivity contribution is 0.0695. The zero-order valence-corrected chi connectivity index (χ0v) is 10.1. The number of nitrogens with one attached hydrogen (secondary N) is 1. The van der Waals surface area contributed by atoms with Crippen molar-refractivity contribution in [3.05, 3.63) is 17.5 Å². The van der Waals surface area contributed by atoms with Gasteiger partial charge in [-0.3, -0.25) is 0 Å². The summed E-state index contributed by atoms with van der Waals surface area (Å²) in [4.78, 5) is 19.1. The number of rotatable bonds is 3. The van der Waals surface area contributed by atoms with Crippen LogP contribution in [0.25, 0.3) is 0 Å². The Bertz CT molecular complexity index is 434. The third-order valence-electron chi connectivity index (χ3n) is 3.39. The first-order valence-electron chi connectivity index (χ1n) is 5.91. The van der Waals surface area contributed by atoms with Crippen LogP contribution in [0.3, 0.4) is 0 Å². The number of carboxylic acids is 1. The average Bonchev–Trinajstić information content (AvgIpc) is 2.64. The molecule has 5 heteroatoms. The molecule has 1 aromatic heterocycles. The Morgan fingerprint density at radius 3 is 2.82 bits per heavy atom. The van der Waals surface area contributed by atoms with Gasteiger partial charge in [0.25, 0.3) is 0 Å². The minimum absolute atomic E-state index is 0.162. The number of carboxylic acid groups (broad SMARTS) is 1. The van der Waals surface area contributed by atoms with E-state index in [0.29, 0.717) is 23.6 Å². The molecule has 0 radical (unpaired) electrons. The number of hydrogen-bond acceptors (Lipinski definition) is 4. The van der Waals surface area contributed by atoms with E-state index in [-0.39, 0.29) is 5.56 Å². The van der Waals surface area contributed by atoms with Crippen LogP contribution in [0.5, 0.6) is 0 Å². The molecule has 2 unspecified atom stereocenters. The smallest absolute Gasteiger partial charge is 0.339 e. The average molecular weight is 235 g/mol. The van der Waals surface area contributed by atoms with Crippen molar-refractivity contribution in [2.24, 2.45) is 5.92 Å². The van der Waals surface area contributed by atoms with Gasteiger partial charge >= 0.3 is 5.97 Å². The number of aromatic nitrogens is 2. The van der Waals surface area contributed by atoms with Crippen molar-refractivity contribution in [1.82, 2.24) is 9.97 Å². The molecule has 1 aromatic rings. The summed E-state index contributed by atoms with van der Waals surface area (Å²) in [6.07, 6.45) is 4.95. The number of hydrogen-bond donors (Lipinski definition) is 2. The maximum absolute atomic E-state index is 10.8. The summed E-state index contributed by atoms with van der Waals surface area (Å²) in [5, 5.41) is 12.2. The molecule has 1 aliphatic rings. The summed E-state index contributed by atoms with van der Waals surface area (Å²) in [6, 6.07) is 0.407. The third kappa shape index (κ3) is 2.54. The fraction of sp³-hybridized carbons (Fsp3) is 0.583. The van der Waals surface area contributed by atoms with Gasteiger partial charge in [0.2, 0.25) is 5.95 Å². The highest BCUT2D eigenvalue weighted by molar-refractivity contribution is 5.88. The van der Waals surface area contributed by atoms with Crippen molar-refractivity contribution in [1.29, 1.82) is 0 Å². The van der Waals surface area contributed by atoms with Gasteiger partial charge < -0.3 is 10.4 Å². The number of aryl methyl sites for hydroxylation is 1. The lowest BCUT2D eigenvalue weighted by Crippen LogP contribution is -2.23. The molecule has 0 amide bonds. The van der Waals surface area contributed by atoms with Gasteiger partial charge in [0, 0.05) is 12.2 Å². The maximum Gasteiger partial charge on any atom is 0.339 e. The standard InChI is InChI=1S/C12H17N3O2/c1-7-4-3-5-10(7)15-12-13-6-9(11(16)17)8(2)14-12/h6-7,10H,3-5H2,1-2H3,(H,16,17)(H,13,14,15). The van der Waals surface area contributed by atoms with E-state index >= 15 is 0 Å². The SMILES string of the molecule is Cc1nc(NC2CCCC2C)ncc1C(=O)O. The monoisotopic (exact) mass is 235 g/mol. The molecule has 1 saturated carbocycles. The molecule has 0 aliphatic heterocycles. The third-order valence-corrected chi connectivity index (χ3v) is 3.39. The first-order valence-corrected chi connectivity index (χ1v) is 5.91. The molecule has 1 fully saturated rings. The topological polar surface area (TPSA) is 75.1 Å². The summed E-state index contributed by atoms with van der Waals surface area (Å²) < 4.78 is 0. The second-order valence-electron chi connectivity index (χ2n) is 4.66. The van der Waals surface area contributed by atoms with Gasteiger partial charge in [-0.15, -0.1) is 0 Å². The summed E-state index contributed by atoms with van der Waals surface area (Å²) in [5.41, 5.74) is 0.663. The summed E-state index contributed by atoms with van der Waals surface area (Å²) in [7, 11) is 0. The Balaban J connectivity index is 2.12. The van der Waals surface area contributed by atoms with Gasteiger partial charge in [-0.2, -0.15) is 0 Å². The maximum atomic E-state index is 10.8. The Kier molecular flexibility index (Phi) is 3.26. The lowest BCUT2D eigenvalue weighted by atomic mass is 10.1. The molecule has 17 heavy (non-hydrogen) atoms. The van der Waals surface area contributed by atoms with E-state index < -0.39 is 5.97 Å². The Morgan fingerprint density at radius 2 is 2.29 bits per heavy atom. The fourth-order valence-electron chi connectivity index (χ4n) is 2.27. The van der Waals surface area contributed by atoms with E-state index in [1.807, 2.05) is 0 Å². The highest BCUT2D eigenvalue weighted by Crippen LogP contribution is 2.27. The van der Waals surface area contributed by atoms with Crippen molar-refractivity contribution in [2.45, 2.75) is 39.2 Å². The van der Waals surface area contributed by atoms with Gasteiger partial charge in [0.1, 0.15) is 0 Å². The van der Waals surface area contributed by atoms with Crippen molar-refractivity contribution in [3.8, 4) is 0 Å². The first kappa shape index (κ1) is 11.8. The summed E-state index contributed by atoms with van der Waals surface area (Å²) >= 11 is 0. The van der Waals surface area contributed by atoms with E-state index in [1.54, 1.807) is 6.92 Å². The molecule has 0 aromatic carbocycles. The van der Waals surface area contributed by atoms with E-state index in [1.165, 1.54) is 19.0 Å². The van der Waals surface area contributed by atoms with Crippen molar-refractivity contribution < 1.29 is 9.90 Å². The van der Waals surface area contributed by atoms with Gasteiger partial charge in [-0.25, -0.2) is 14.8 Å². The van der Waals surface area contributed by atoms with Crippen LogP contribution in [0.4, 0.5) is 5.95 Å². The molecule has 92 valence electrons. The number of nitrogens with zero attached hydrogens (tertiary/aromatic N) is 2. The number of anilines is 1. The molecule has 2 atom stereocenters. The summed E-state index contributed by atoms with van der Waals surface area (Å²) in [5.74, 6) is 0.174. The molecular weight excluding hydrogens is 218 g/mol. The molecule has 5 nitrogen and oxygen atoms in total. The molecule has 1 aliphatic carbocycles. The van der Waals surface area contributed by atoms with E-state index in [4.69, 9.17) is 5.11 Å². The molecule has 2 rings (SSSR count). The van der Waals surface area contributed by atoms with Crippen LogP contribution in [0.1, 0.15) is 42.2 Å². The second-order valence-corrected chi connectivity index (χ2v) is 4.66. The van der Waals surface area contributed by atoms with Crippen molar-refractivity contribution in [3.63, 3.8) is 0 Å². The second kappa shape index (κ2) is 4.69. The normalized spacial score (nSPS) is 23.6. The van der Waals surface area contributed by atoms with Gasteiger partial charge in [0.15, 0.2) is 0 Å². The number of carbonyl (C=O) groups is 1. The summed E-state index contributed by atoms with van der Waals surface area (Å²) in [6.45, 7) is 3.90. The van der Waals surface area contributed by atoms with E-state index in [0.717, 1.165) is 6.42 Å². The molecule has 0 saturated heterocycles. The number of aromatic carboxylic acids is 1. The Labute approximate surface area is 100 Å². The zero-order valence-electron chi connectivity index (χ0n) is 10.1. The highest BCUT2D eigenvalue weighted by atomic mass is 16.4. The van der Waals surface area contributed by atoms with E-state index in [2.05, 4.69) is 22.2 Å². The van der Waals surface area contributed by atoms with Crippen LogP contribution in [-0.2, 0) is 0 Å². The van der Waals surface area contributed by atoms with Crippen LogP contribution in [-0.4, -0.2) is 27.1 Å². The molecule has 0 spiro atoms. The van der Waals surface area contributed by atoms with Crippen LogP contribution < -0.4 is 5.32 Å². The minimum atomic E-state index is -0.983. The van der Waals surface area contributed by atoms with Crippen LogP contribution >= 0.6 is 0 Å². The molecular formula is C12H17N3O2. The quantitative estimate of drug-likeness (QED) is 0.839. The first-order chi connectivity index (χ1) is 8.08. The Hall–Kier alpha value is -1.65.